The van der Waals surface area contributed by atoms with Crippen molar-refractivity contribution in [3.63, 3.8) is 0 Å². The van der Waals surface area contributed by atoms with Crippen molar-refractivity contribution >= 4 is 5.91 Å². The van der Waals surface area contributed by atoms with E-state index in [-0.39, 0.29) is 17.5 Å². The zero-order valence-electron chi connectivity index (χ0n) is 12.7. The summed E-state index contributed by atoms with van der Waals surface area (Å²) in [6, 6.07) is 10.7. The third-order valence-electron chi connectivity index (χ3n) is 4.32. The van der Waals surface area contributed by atoms with Crippen molar-refractivity contribution in [2.24, 2.45) is 0 Å². The molecule has 0 bridgehead atoms. The van der Waals surface area contributed by atoms with Crippen molar-refractivity contribution in [3.05, 3.63) is 65.7 Å². The number of carbonyl (C=O) groups excluding carboxylic acids is 1. The second kappa shape index (κ2) is 6.87. The van der Waals surface area contributed by atoms with Gasteiger partial charge in [0.15, 0.2) is 5.82 Å². The van der Waals surface area contributed by atoms with Crippen LogP contribution in [0.15, 0.2) is 48.8 Å². The minimum Gasteiger partial charge on any atom is -0.388 e. The van der Waals surface area contributed by atoms with Crippen molar-refractivity contribution < 1.29 is 14.3 Å². The van der Waals surface area contributed by atoms with Crippen LogP contribution in [0, 0.1) is 5.82 Å². The summed E-state index contributed by atoms with van der Waals surface area (Å²) in [4.78, 5) is 17.9. The van der Waals surface area contributed by atoms with Crippen molar-refractivity contribution in [1.29, 1.82) is 0 Å². The summed E-state index contributed by atoms with van der Waals surface area (Å²) in [5.74, 6) is -0.931. The molecule has 2 aromatic rings. The van der Waals surface area contributed by atoms with E-state index in [9.17, 15) is 14.3 Å². The fraction of sp³-hybridized carbons (Fsp3) is 0.333. The molecule has 4 nitrogen and oxygen atoms in total. The summed E-state index contributed by atoms with van der Waals surface area (Å²) < 4.78 is 13.8. The summed E-state index contributed by atoms with van der Waals surface area (Å²) in [5.41, 5.74) is 0.878. The van der Waals surface area contributed by atoms with Gasteiger partial charge >= 0.3 is 0 Å². The molecule has 5 heteroatoms. The molecule has 0 unspecified atom stereocenters. The number of hydrogen-bond donors (Lipinski definition) is 1. The van der Waals surface area contributed by atoms with Gasteiger partial charge in [0.1, 0.15) is 0 Å². The molecule has 3 rings (SSSR count). The maximum Gasteiger partial charge on any atom is 0.257 e. The van der Waals surface area contributed by atoms with Gasteiger partial charge in [-0.05, 0) is 30.9 Å². The molecular formula is C18H19FN2O2. The van der Waals surface area contributed by atoms with Crippen LogP contribution in [0.1, 0.15) is 41.3 Å². The van der Waals surface area contributed by atoms with E-state index < -0.39 is 11.9 Å². The normalized spacial score (nSPS) is 18.9. The molecule has 120 valence electrons. The lowest BCUT2D eigenvalue weighted by molar-refractivity contribution is 0.0662. The van der Waals surface area contributed by atoms with Gasteiger partial charge in [0.05, 0.1) is 17.9 Å². The van der Waals surface area contributed by atoms with Crippen LogP contribution in [0.2, 0.25) is 0 Å². The number of nitrogens with zero attached hydrogens (tertiary/aromatic N) is 2. The van der Waals surface area contributed by atoms with Gasteiger partial charge in [0, 0.05) is 18.8 Å². The van der Waals surface area contributed by atoms with Crippen LogP contribution >= 0.6 is 0 Å². The number of hydrogen-bond acceptors (Lipinski definition) is 3. The van der Waals surface area contributed by atoms with Crippen molar-refractivity contribution in [2.45, 2.75) is 31.4 Å². The molecule has 0 spiro atoms. The molecule has 1 aliphatic rings. The van der Waals surface area contributed by atoms with Crippen LogP contribution in [0.25, 0.3) is 0 Å². The Morgan fingerprint density at radius 2 is 2.13 bits per heavy atom. The lowest BCUT2D eigenvalue weighted by Gasteiger charge is -2.27. The minimum atomic E-state index is -0.628. The Balaban J connectivity index is 1.73. The van der Waals surface area contributed by atoms with Gasteiger partial charge in [0.25, 0.3) is 5.91 Å². The highest BCUT2D eigenvalue weighted by molar-refractivity contribution is 5.94. The first-order valence-corrected chi connectivity index (χ1v) is 7.80. The van der Waals surface area contributed by atoms with E-state index in [1.54, 1.807) is 4.90 Å². The van der Waals surface area contributed by atoms with E-state index in [1.165, 1.54) is 12.3 Å². The van der Waals surface area contributed by atoms with Crippen molar-refractivity contribution in [1.82, 2.24) is 9.88 Å². The summed E-state index contributed by atoms with van der Waals surface area (Å²) in [6.07, 6.45) is 3.99. The molecule has 1 N–H and O–H groups in total. The zero-order valence-corrected chi connectivity index (χ0v) is 12.7. The highest BCUT2D eigenvalue weighted by atomic mass is 19.1. The van der Waals surface area contributed by atoms with E-state index in [1.807, 2.05) is 30.3 Å². The summed E-state index contributed by atoms with van der Waals surface area (Å²) in [7, 11) is 0. The zero-order chi connectivity index (χ0) is 16.2. The second-order valence-corrected chi connectivity index (χ2v) is 5.81. The van der Waals surface area contributed by atoms with Gasteiger partial charge in [-0.25, -0.2) is 4.39 Å². The van der Waals surface area contributed by atoms with E-state index >= 15 is 0 Å². The Labute approximate surface area is 134 Å². The monoisotopic (exact) mass is 314 g/mol. The maximum absolute atomic E-state index is 13.8. The quantitative estimate of drug-likeness (QED) is 0.944. The Hall–Kier alpha value is -2.27. The highest BCUT2D eigenvalue weighted by Crippen LogP contribution is 2.28. The van der Waals surface area contributed by atoms with Gasteiger partial charge in [-0.3, -0.25) is 9.78 Å². The van der Waals surface area contributed by atoms with Crippen LogP contribution in [-0.2, 0) is 0 Å². The number of amides is 1. The number of pyridine rings is 1. The molecule has 23 heavy (non-hydrogen) atoms. The highest BCUT2D eigenvalue weighted by Gasteiger charge is 2.32. The molecule has 0 aliphatic carbocycles. The molecule has 1 aliphatic heterocycles. The Morgan fingerprint density at radius 1 is 1.35 bits per heavy atom. The van der Waals surface area contributed by atoms with Crippen LogP contribution in [0.5, 0.6) is 0 Å². The average molecular weight is 314 g/mol. The molecular weight excluding hydrogens is 295 g/mol. The van der Waals surface area contributed by atoms with Crippen molar-refractivity contribution in [2.75, 3.05) is 6.54 Å². The molecule has 0 radical (unpaired) electrons. The van der Waals surface area contributed by atoms with Gasteiger partial charge in [0.2, 0.25) is 0 Å². The van der Waals surface area contributed by atoms with Crippen LogP contribution in [0.4, 0.5) is 4.39 Å². The maximum atomic E-state index is 13.8. The third kappa shape index (κ3) is 3.40. The standard InChI is InChI=1S/C18H19FN2O2/c19-16-12-20-9-8-15(16)18(23)21-10-4-7-14(21)11-17(22)13-5-2-1-3-6-13/h1-3,5-6,8-9,12,14,17,22H,4,7,10-11H2/t14-,17-/m0/s1. The number of aromatic nitrogens is 1. The predicted octanol–water partition coefficient (Wildman–Crippen LogP) is 2.95. The lowest BCUT2D eigenvalue weighted by atomic mass is 10.0. The minimum absolute atomic E-state index is 0.0427. The molecule has 1 amide bonds. The second-order valence-electron chi connectivity index (χ2n) is 5.81. The number of aliphatic hydroxyl groups excluding tert-OH is 1. The van der Waals surface area contributed by atoms with E-state index in [2.05, 4.69) is 4.98 Å². The Kier molecular flexibility index (Phi) is 4.67. The molecule has 1 saturated heterocycles. The van der Waals surface area contributed by atoms with Gasteiger partial charge in [-0.15, -0.1) is 0 Å². The third-order valence-corrected chi connectivity index (χ3v) is 4.32. The van der Waals surface area contributed by atoms with E-state index in [0.717, 1.165) is 24.6 Å². The van der Waals surface area contributed by atoms with E-state index in [0.29, 0.717) is 13.0 Å². The van der Waals surface area contributed by atoms with Crippen molar-refractivity contribution in [3.8, 4) is 0 Å². The number of carbonyl (C=O) groups is 1. The fourth-order valence-corrected chi connectivity index (χ4v) is 3.12. The molecule has 1 aromatic heterocycles. The topological polar surface area (TPSA) is 53.4 Å². The van der Waals surface area contributed by atoms with Gasteiger partial charge in [-0.2, -0.15) is 0 Å². The lowest BCUT2D eigenvalue weighted by Crippen LogP contribution is -2.37. The summed E-state index contributed by atoms with van der Waals surface area (Å²) in [6.45, 7) is 0.590. The average Bonchev–Trinajstić information content (AvgIpc) is 3.03. The molecule has 2 atom stereocenters. The molecule has 2 heterocycles. The Morgan fingerprint density at radius 3 is 2.87 bits per heavy atom. The summed E-state index contributed by atoms with van der Waals surface area (Å²) >= 11 is 0. The molecule has 0 saturated carbocycles. The first-order valence-electron chi connectivity index (χ1n) is 7.80. The van der Waals surface area contributed by atoms with E-state index in [4.69, 9.17) is 0 Å². The SMILES string of the molecule is O=C(c1ccncc1F)N1CCC[C@H]1C[C@H](O)c1ccccc1. The van der Waals surface area contributed by atoms with Crippen LogP contribution in [-0.4, -0.2) is 33.5 Å². The Bertz CT molecular complexity index is 678. The number of rotatable bonds is 4. The smallest absolute Gasteiger partial charge is 0.257 e. The van der Waals surface area contributed by atoms with Crippen LogP contribution in [0.3, 0.4) is 0 Å². The first-order chi connectivity index (χ1) is 11.2. The molecule has 1 fully saturated rings. The van der Waals surface area contributed by atoms with Gasteiger partial charge in [-0.1, -0.05) is 30.3 Å². The first kappa shape index (κ1) is 15.6. The summed E-state index contributed by atoms with van der Waals surface area (Å²) in [5, 5.41) is 10.4. The number of likely N-dealkylation sites (tertiary alicyclic amines) is 1. The predicted molar refractivity (Wildman–Crippen MR) is 84.3 cm³/mol. The molecule has 1 aromatic carbocycles. The number of halogens is 1. The van der Waals surface area contributed by atoms with Crippen LogP contribution < -0.4 is 0 Å². The fourth-order valence-electron chi connectivity index (χ4n) is 3.12. The number of aliphatic hydroxyl groups is 1. The van der Waals surface area contributed by atoms with Gasteiger partial charge < -0.3 is 10.0 Å². The largest absolute Gasteiger partial charge is 0.388 e. The number of benzene rings is 1.